The standard InChI is InChI=1S/C83H142O16P2/c1-4-7-10-13-16-19-22-24-26-28-30-32-33-34-35-36-37-38-39-40-41-42-43-45-47-48-50-52-55-57-60-63-66-69-81(86)93-72-78(84)73-95-100(89,90)96-74-79(85)75-97-101(91,92)98-77-80(99-83(88)71-68-65-62-59-54-21-18-15-12-9-6-3)76-94-82(87)70-67-64-61-58-56-53-51-49-46-44-31-29-27-25-23-20-17-14-11-8-5-2/h7-8,10-11,16-17,19-20,24-27,30-32,34-35,37-38,44,49,51,78-80,84-85H,4-6,9,12-15,18,21-23,28-29,33,36,39-43,45-48,50,52-77H2,1-3H3,(H,89,90)(H,91,92)/b10-7-,11-8-,19-16-,20-17-,26-24-,27-25-,32-30-,35-34-,38-37-,44-31-,51-49-. The molecule has 5 atom stereocenters. The minimum atomic E-state index is -4.93. The summed E-state index contributed by atoms with van der Waals surface area (Å²) in [5.74, 6) is -1.59. The van der Waals surface area contributed by atoms with Crippen LogP contribution in [0, 0.1) is 0 Å². The Bertz CT molecular complexity index is 2370. The fourth-order valence-corrected chi connectivity index (χ4v) is 12.0. The molecule has 0 saturated heterocycles. The molecule has 0 heterocycles. The maximum Gasteiger partial charge on any atom is 0.472 e. The van der Waals surface area contributed by atoms with Gasteiger partial charge in [0.05, 0.1) is 26.4 Å². The largest absolute Gasteiger partial charge is 0.472 e. The molecule has 0 saturated carbocycles. The Balaban J connectivity index is 4.40. The van der Waals surface area contributed by atoms with Gasteiger partial charge < -0.3 is 34.2 Å². The number of aliphatic hydroxyl groups is 2. The predicted molar refractivity (Wildman–Crippen MR) is 417 cm³/mol. The number of rotatable bonds is 74. The fraction of sp³-hybridized carbons (Fsp3) is 0.699. The van der Waals surface area contributed by atoms with E-state index in [1.54, 1.807) is 0 Å². The minimum absolute atomic E-state index is 0.101. The molecule has 0 spiro atoms. The van der Waals surface area contributed by atoms with Crippen LogP contribution in [0.5, 0.6) is 0 Å². The average molecular weight is 1460 g/mol. The summed E-state index contributed by atoms with van der Waals surface area (Å²) in [7, 11) is -9.79. The lowest BCUT2D eigenvalue weighted by Crippen LogP contribution is -2.30. The van der Waals surface area contributed by atoms with Crippen molar-refractivity contribution in [3.05, 3.63) is 134 Å². The Morgan fingerprint density at radius 1 is 0.287 bits per heavy atom. The molecule has 0 amide bonds. The lowest BCUT2D eigenvalue weighted by Gasteiger charge is -2.21. The Hall–Kier alpha value is -4.31. The van der Waals surface area contributed by atoms with Crippen LogP contribution in [0.2, 0.25) is 0 Å². The van der Waals surface area contributed by atoms with E-state index in [0.29, 0.717) is 19.3 Å². The van der Waals surface area contributed by atoms with Gasteiger partial charge in [0.25, 0.3) is 0 Å². The molecular weight excluding hydrogens is 1310 g/mol. The third kappa shape index (κ3) is 76.6. The maximum absolute atomic E-state index is 12.9. The van der Waals surface area contributed by atoms with E-state index in [9.17, 15) is 43.5 Å². The molecule has 0 aliphatic carbocycles. The van der Waals surface area contributed by atoms with E-state index in [2.05, 4.69) is 154 Å². The summed E-state index contributed by atoms with van der Waals surface area (Å²) in [6.45, 7) is 2.43. The first-order chi connectivity index (χ1) is 49.2. The minimum Gasteiger partial charge on any atom is -0.463 e. The number of ether oxygens (including phenoxy) is 3. The highest BCUT2D eigenvalue weighted by Gasteiger charge is 2.29. The van der Waals surface area contributed by atoms with E-state index in [0.717, 1.165) is 154 Å². The monoisotopic (exact) mass is 1460 g/mol. The summed E-state index contributed by atoms with van der Waals surface area (Å²) in [4.78, 5) is 58.5. The van der Waals surface area contributed by atoms with Crippen LogP contribution < -0.4 is 0 Å². The molecule has 4 N–H and O–H groups in total. The summed E-state index contributed by atoms with van der Waals surface area (Å²) in [5, 5.41) is 20.6. The average Bonchev–Trinajstić information content (AvgIpc) is 0.948. The van der Waals surface area contributed by atoms with Gasteiger partial charge in [-0.15, -0.1) is 0 Å². The van der Waals surface area contributed by atoms with Crippen LogP contribution in [0.1, 0.15) is 316 Å². The molecule has 0 aliphatic heterocycles. The number of carbonyl (C=O) groups excluding carboxylic acids is 3. The Kier molecular flexibility index (Phi) is 72.2. The highest BCUT2D eigenvalue weighted by Crippen LogP contribution is 2.45. The van der Waals surface area contributed by atoms with Crippen LogP contribution in [0.3, 0.4) is 0 Å². The predicted octanol–water partition coefficient (Wildman–Crippen LogP) is 23.1. The second-order valence-electron chi connectivity index (χ2n) is 26.1. The number of allylic oxidation sites excluding steroid dienone is 22. The van der Waals surface area contributed by atoms with E-state index in [4.69, 9.17) is 32.3 Å². The number of esters is 3. The third-order valence-corrected chi connectivity index (χ3v) is 18.3. The van der Waals surface area contributed by atoms with Crippen LogP contribution in [-0.2, 0) is 55.8 Å². The lowest BCUT2D eigenvalue weighted by molar-refractivity contribution is -0.161. The second kappa shape index (κ2) is 75.4. The molecule has 0 aromatic heterocycles. The molecule has 0 rings (SSSR count). The SMILES string of the molecule is CC/C=C\C/C=C\C/C=C\C/C=C\C/C=C\C/C=C\CCCCCCCCCCCCCCCCC(=O)OCC(O)COP(=O)(O)OCC(O)COP(=O)(O)OCC(COC(=O)CCCCCCC/C=C\C/C=C\C/C=C\C/C=C\C/C=C\CC)OC(=O)CCCCCCCCCCCCC. The van der Waals surface area contributed by atoms with E-state index in [-0.39, 0.29) is 19.3 Å². The first-order valence-corrected chi connectivity index (χ1v) is 42.5. The maximum atomic E-state index is 12.9. The van der Waals surface area contributed by atoms with Gasteiger partial charge in [-0.1, -0.05) is 315 Å². The molecule has 0 bridgehead atoms. The van der Waals surface area contributed by atoms with Crippen molar-refractivity contribution in [2.45, 2.75) is 334 Å². The Morgan fingerprint density at radius 3 is 0.832 bits per heavy atom. The van der Waals surface area contributed by atoms with Gasteiger partial charge in [0.1, 0.15) is 25.4 Å². The lowest BCUT2D eigenvalue weighted by atomic mass is 10.0. The summed E-state index contributed by atoms with van der Waals surface area (Å²) in [5.41, 5.74) is 0. The molecule has 0 fully saturated rings. The Morgan fingerprint density at radius 2 is 0.525 bits per heavy atom. The molecule has 0 aliphatic rings. The molecule has 0 aromatic rings. The normalized spacial score (nSPS) is 14.7. The van der Waals surface area contributed by atoms with Gasteiger partial charge >= 0.3 is 33.6 Å². The summed E-state index contributed by atoms with van der Waals surface area (Å²) >= 11 is 0. The molecule has 101 heavy (non-hydrogen) atoms. The van der Waals surface area contributed by atoms with Crippen molar-refractivity contribution >= 4 is 33.6 Å². The smallest absolute Gasteiger partial charge is 0.463 e. The number of hydrogen-bond acceptors (Lipinski definition) is 14. The molecule has 0 radical (unpaired) electrons. The van der Waals surface area contributed by atoms with Gasteiger partial charge in [-0.2, -0.15) is 0 Å². The molecule has 16 nitrogen and oxygen atoms in total. The Labute approximate surface area is 614 Å². The molecular formula is C83H142O16P2. The number of carbonyl (C=O) groups is 3. The van der Waals surface area contributed by atoms with Gasteiger partial charge in [-0.05, 0) is 116 Å². The van der Waals surface area contributed by atoms with Gasteiger partial charge in [0, 0.05) is 19.3 Å². The highest BCUT2D eigenvalue weighted by atomic mass is 31.2. The molecule has 580 valence electrons. The second-order valence-corrected chi connectivity index (χ2v) is 29.0. The van der Waals surface area contributed by atoms with E-state index < -0.39 is 91.5 Å². The number of unbranched alkanes of at least 4 members (excludes halogenated alkanes) is 29. The van der Waals surface area contributed by atoms with Gasteiger partial charge in [0.15, 0.2) is 6.10 Å². The van der Waals surface area contributed by atoms with Gasteiger partial charge in [-0.3, -0.25) is 32.5 Å². The third-order valence-electron chi connectivity index (χ3n) is 16.4. The van der Waals surface area contributed by atoms with Crippen LogP contribution in [0.25, 0.3) is 0 Å². The zero-order chi connectivity index (χ0) is 73.7. The summed E-state index contributed by atoms with van der Waals surface area (Å²) in [6.07, 6.45) is 90.9. The van der Waals surface area contributed by atoms with Crippen molar-refractivity contribution in [2.24, 2.45) is 0 Å². The van der Waals surface area contributed by atoms with E-state index in [1.807, 2.05) is 0 Å². The summed E-state index contributed by atoms with van der Waals surface area (Å²) in [6, 6.07) is 0. The molecule has 18 heteroatoms. The van der Waals surface area contributed by atoms with Crippen molar-refractivity contribution in [1.29, 1.82) is 0 Å². The molecule has 5 unspecified atom stereocenters. The van der Waals surface area contributed by atoms with Crippen LogP contribution >= 0.6 is 15.6 Å². The van der Waals surface area contributed by atoms with E-state index >= 15 is 0 Å². The van der Waals surface area contributed by atoms with Crippen LogP contribution in [0.15, 0.2) is 134 Å². The van der Waals surface area contributed by atoms with Crippen molar-refractivity contribution in [2.75, 3.05) is 39.6 Å². The van der Waals surface area contributed by atoms with E-state index in [1.165, 1.54) is 103 Å². The quantitative estimate of drug-likeness (QED) is 0.0146. The molecule has 0 aromatic carbocycles. The van der Waals surface area contributed by atoms with Crippen LogP contribution in [-0.4, -0.2) is 95.9 Å². The topological polar surface area (TPSA) is 231 Å². The van der Waals surface area contributed by atoms with Crippen LogP contribution in [0.4, 0.5) is 0 Å². The van der Waals surface area contributed by atoms with Crippen molar-refractivity contribution < 1.29 is 75.8 Å². The number of phosphoric ester groups is 2. The number of aliphatic hydroxyl groups excluding tert-OH is 2. The number of phosphoric acid groups is 2. The zero-order valence-corrected chi connectivity index (χ0v) is 65.1. The van der Waals surface area contributed by atoms with Crippen molar-refractivity contribution in [1.82, 2.24) is 0 Å². The summed E-state index contributed by atoms with van der Waals surface area (Å²) < 4.78 is 61.0. The number of hydrogen-bond donors (Lipinski definition) is 4. The first kappa shape index (κ1) is 96.7. The van der Waals surface area contributed by atoms with Gasteiger partial charge in [0.2, 0.25) is 0 Å². The fourth-order valence-electron chi connectivity index (χ4n) is 10.4. The van der Waals surface area contributed by atoms with Gasteiger partial charge in [-0.25, -0.2) is 9.13 Å². The van der Waals surface area contributed by atoms with Crippen molar-refractivity contribution in [3.8, 4) is 0 Å². The highest BCUT2D eigenvalue weighted by molar-refractivity contribution is 7.47. The zero-order valence-electron chi connectivity index (χ0n) is 63.3. The van der Waals surface area contributed by atoms with Crippen molar-refractivity contribution in [3.63, 3.8) is 0 Å². The first-order valence-electron chi connectivity index (χ1n) is 39.5.